The molecule has 3 amide bonds. The molecule has 0 radical (unpaired) electrons. The first kappa shape index (κ1) is 49.5. The van der Waals surface area contributed by atoms with Gasteiger partial charge in [0.05, 0.1) is 44.7 Å². The van der Waals surface area contributed by atoms with Crippen LogP contribution in [0.1, 0.15) is 23.7 Å². The number of aliphatic hydroxyl groups excluding tert-OH is 7. The summed E-state index contributed by atoms with van der Waals surface area (Å²) in [5.41, 5.74) is 5.48. The second kappa shape index (κ2) is 22.0. The zero-order valence-electron chi connectivity index (χ0n) is 35.4. The minimum absolute atomic E-state index is 0.0361. The summed E-state index contributed by atoms with van der Waals surface area (Å²) in [6, 6.07) is 12.9. The van der Waals surface area contributed by atoms with E-state index in [0.29, 0.717) is 24.4 Å². The fourth-order valence-electron chi connectivity index (χ4n) is 8.76. The number of carbonyl (C=O) groups is 3. The van der Waals surface area contributed by atoms with E-state index in [1.165, 1.54) is 14.0 Å². The van der Waals surface area contributed by atoms with Gasteiger partial charge in [-0.15, -0.1) is 0 Å². The Hall–Kier alpha value is -3.95. The minimum Gasteiger partial charge on any atom is -0.484 e. The van der Waals surface area contributed by atoms with Crippen molar-refractivity contribution in [1.82, 2.24) is 16.0 Å². The van der Waals surface area contributed by atoms with Crippen LogP contribution in [0.4, 0.5) is 0 Å². The molecular formula is C42H60N4O18. The Morgan fingerprint density at radius 2 is 1.50 bits per heavy atom. The maximum atomic E-state index is 12.6. The minimum atomic E-state index is -2.14. The molecule has 3 aliphatic heterocycles. The summed E-state index contributed by atoms with van der Waals surface area (Å²) in [7, 11) is 1.20. The van der Waals surface area contributed by atoms with Gasteiger partial charge in [-0.25, -0.2) is 0 Å². The Balaban J connectivity index is 1.03. The lowest BCUT2D eigenvalue weighted by atomic mass is 9.81. The number of benzene rings is 2. The first-order valence-corrected chi connectivity index (χ1v) is 21.1. The predicted octanol–water partition coefficient (Wildman–Crippen LogP) is -4.54. The average molecular weight is 909 g/mol. The van der Waals surface area contributed by atoms with Crippen molar-refractivity contribution in [2.45, 2.75) is 98.6 Å². The third-order valence-electron chi connectivity index (χ3n) is 12.0. The molecule has 4 fully saturated rings. The molecule has 6 rings (SSSR count). The fourth-order valence-corrected chi connectivity index (χ4v) is 8.76. The molecule has 3 saturated heterocycles. The van der Waals surface area contributed by atoms with Crippen LogP contribution in [0.3, 0.4) is 0 Å². The maximum Gasteiger partial charge on any atom is 0.257 e. The first-order valence-electron chi connectivity index (χ1n) is 21.1. The number of rotatable bonds is 20. The van der Waals surface area contributed by atoms with Crippen molar-refractivity contribution in [3.63, 3.8) is 0 Å². The highest BCUT2D eigenvalue weighted by Gasteiger charge is 2.79. The average Bonchev–Trinajstić information content (AvgIpc) is 3.90. The van der Waals surface area contributed by atoms with Crippen molar-refractivity contribution in [3.05, 3.63) is 54.1 Å². The topological polar surface area (TPSA) is 340 Å². The van der Waals surface area contributed by atoms with Crippen LogP contribution in [0.15, 0.2) is 48.5 Å². The number of amides is 3. The van der Waals surface area contributed by atoms with Crippen molar-refractivity contribution < 1.29 is 88.4 Å². The van der Waals surface area contributed by atoms with Gasteiger partial charge in [-0.1, -0.05) is 24.3 Å². The van der Waals surface area contributed by atoms with Gasteiger partial charge in [0.15, 0.2) is 19.2 Å². The van der Waals surface area contributed by atoms with Crippen LogP contribution in [-0.2, 0) is 38.0 Å². The van der Waals surface area contributed by atoms with Crippen LogP contribution in [0.25, 0.3) is 11.1 Å². The SMILES string of the molecule is COC1C(O)[C@@H](O)C(CO)O[C@@H]1OC1[C@@H](O)C(CO)O[C@H]2C([C@@H]3C(CO)O[C@@H](OCCCNC(=O)COc4ccc(-c5cccc(C(=O)NCCN)c5)cc4)C(NC(C)=O)C3O)C12O. The molecule has 16 atom stereocenters. The van der Waals surface area contributed by atoms with Gasteiger partial charge in [-0.2, -0.15) is 0 Å². The summed E-state index contributed by atoms with van der Waals surface area (Å²) >= 11 is 0. The van der Waals surface area contributed by atoms with E-state index in [2.05, 4.69) is 16.0 Å². The largest absolute Gasteiger partial charge is 0.484 e. The number of aliphatic hydroxyl groups is 8. The van der Waals surface area contributed by atoms with Gasteiger partial charge < -0.3 is 95.7 Å². The Labute approximate surface area is 368 Å². The fraction of sp³-hybridized carbons (Fsp3) is 0.643. The zero-order valence-corrected chi connectivity index (χ0v) is 35.4. The van der Waals surface area contributed by atoms with E-state index in [0.717, 1.165) is 11.1 Å². The number of nitrogens with one attached hydrogen (secondary N) is 3. The third kappa shape index (κ3) is 10.7. The van der Waals surface area contributed by atoms with Crippen molar-refractivity contribution >= 4 is 17.7 Å². The van der Waals surface area contributed by atoms with Crippen LogP contribution in [-0.4, -0.2) is 204 Å². The van der Waals surface area contributed by atoms with E-state index in [4.69, 9.17) is 38.9 Å². The lowest BCUT2D eigenvalue weighted by molar-refractivity contribution is -0.341. The Morgan fingerprint density at radius 3 is 2.16 bits per heavy atom. The van der Waals surface area contributed by atoms with Crippen molar-refractivity contribution in [3.8, 4) is 16.9 Å². The highest BCUT2D eigenvalue weighted by atomic mass is 16.7. The molecule has 0 spiro atoms. The van der Waals surface area contributed by atoms with Crippen molar-refractivity contribution in [2.24, 2.45) is 17.6 Å². The third-order valence-corrected chi connectivity index (χ3v) is 12.0. The molecule has 22 heteroatoms. The Morgan fingerprint density at radius 1 is 0.812 bits per heavy atom. The van der Waals surface area contributed by atoms with E-state index >= 15 is 0 Å². The summed E-state index contributed by atoms with van der Waals surface area (Å²) in [6.07, 6.45) is -17.2. The molecule has 13 N–H and O–H groups in total. The van der Waals surface area contributed by atoms with E-state index in [-0.39, 0.29) is 32.1 Å². The number of methoxy groups -OCH3 is 1. The van der Waals surface area contributed by atoms with Crippen LogP contribution >= 0.6 is 0 Å². The second-order valence-electron chi connectivity index (χ2n) is 16.2. The number of carbonyl (C=O) groups excluding carboxylic acids is 3. The molecule has 3 heterocycles. The summed E-state index contributed by atoms with van der Waals surface area (Å²) in [4.78, 5) is 37.3. The van der Waals surface area contributed by atoms with Crippen LogP contribution in [0.5, 0.6) is 5.75 Å². The summed E-state index contributed by atoms with van der Waals surface area (Å²) < 4.78 is 40.5. The van der Waals surface area contributed by atoms with Crippen molar-refractivity contribution in [2.75, 3.05) is 59.8 Å². The van der Waals surface area contributed by atoms with E-state index < -0.39 is 129 Å². The molecule has 1 aliphatic carbocycles. The lowest BCUT2D eigenvalue weighted by Gasteiger charge is -2.46. The van der Waals surface area contributed by atoms with Crippen LogP contribution < -0.4 is 26.4 Å². The quantitative estimate of drug-likeness (QED) is 0.0557. The number of ether oxygens (including phenoxy) is 7. The van der Waals surface area contributed by atoms with E-state index in [1.54, 1.807) is 42.5 Å². The van der Waals surface area contributed by atoms with Crippen molar-refractivity contribution in [1.29, 1.82) is 0 Å². The van der Waals surface area contributed by atoms with Gasteiger partial charge >= 0.3 is 0 Å². The van der Waals surface area contributed by atoms with E-state index in [1.807, 2.05) is 6.07 Å². The highest BCUT2D eigenvalue weighted by Crippen LogP contribution is 2.60. The highest BCUT2D eigenvalue weighted by molar-refractivity contribution is 5.95. The Kier molecular flexibility index (Phi) is 17.0. The Bertz CT molecular complexity index is 1860. The molecule has 356 valence electrons. The van der Waals surface area contributed by atoms with Crippen LogP contribution in [0.2, 0.25) is 0 Å². The van der Waals surface area contributed by atoms with Gasteiger partial charge in [0, 0.05) is 51.1 Å². The maximum absolute atomic E-state index is 12.6. The molecule has 4 aliphatic rings. The smallest absolute Gasteiger partial charge is 0.257 e. The van der Waals surface area contributed by atoms with E-state index in [9.17, 15) is 55.2 Å². The molecule has 64 heavy (non-hydrogen) atoms. The monoisotopic (exact) mass is 908 g/mol. The number of nitrogens with two attached hydrogens (primary N) is 1. The van der Waals surface area contributed by atoms with Gasteiger partial charge in [0.1, 0.15) is 60.1 Å². The summed E-state index contributed by atoms with van der Waals surface area (Å²) in [5, 5.41) is 94.8. The molecule has 2 aromatic rings. The summed E-state index contributed by atoms with van der Waals surface area (Å²) in [6.45, 7) is -0.427. The van der Waals surface area contributed by atoms with Gasteiger partial charge in [0.25, 0.3) is 11.8 Å². The molecule has 22 nitrogen and oxygen atoms in total. The molecule has 0 bridgehead atoms. The summed E-state index contributed by atoms with van der Waals surface area (Å²) in [5.74, 6) is -3.12. The second-order valence-corrected chi connectivity index (χ2v) is 16.2. The number of fused-ring (bicyclic) bond motifs is 1. The molecular weight excluding hydrogens is 848 g/mol. The normalized spacial score (nSPS) is 35.8. The van der Waals surface area contributed by atoms with Crippen LogP contribution in [0, 0.1) is 11.8 Å². The van der Waals surface area contributed by atoms with Gasteiger partial charge in [-0.05, 0) is 41.8 Å². The number of hydrogen-bond acceptors (Lipinski definition) is 19. The van der Waals surface area contributed by atoms with Gasteiger partial charge in [0.2, 0.25) is 5.91 Å². The molecule has 1 saturated carbocycles. The molecule has 2 aromatic carbocycles. The molecule has 10 unspecified atom stereocenters. The standard InChI is InChI=1S/C42H60N4O18/c1-20(50)46-31-34(54)29(30-37-42(30,57)38(33(53)27(18-49)61-37)64-41-36(58-2)35(55)32(52)26(17-48)63-41)25(16-47)62-40(31)59-14-4-12-44-28(51)19-60-24-9-7-21(8-10-24)22-5-3-6-23(15-22)39(56)45-13-11-43/h3,5-10,15,25-27,29-38,40-41,47-49,52-55,57H,4,11-14,16-19,43H2,1-2H3,(H,44,51)(H,45,56)(H,46,50)/t25?,26?,27?,29-,30?,31?,32-,33-,34?,35?,36?,37-,38?,40+,41+,42?/m0/s1. The zero-order chi connectivity index (χ0) is 46.3. The van der Waals surface area contributed by atoms with Gasteiger partial charge in [-0.3, -0.25) is 14.4 Å². The molecule has 0 aromatic heterocycles. The number of hydrogen-bond donors (Lipinski definition) is 12. The lowest BCUT2D eigenvalue weighted by Crippen LogP contribution is -2.64. The predicted molar refractivity (Wildman–Crippen MR) is 219 cm³/mol. The first-order chi connectivity index (χ1) is 30.7.